The van der Waals surface area contributed by atoms with Crippen LogP contribution in [0.5, 0.6) is 0 Å². The van der Waals surface area contributed by atoms with Crippen molar-refractivity contribution >= 4 is 11.5 Å². The van der Waals surface area contributed by atoms with Gasteiger partial charge in [0, 0.05) is 12.3 Å². The summed E-state index contributed by atoms with van der Waals surface area (Å²) < 4.78 is 1.68. The molecule has 3 rings (SSSR count). The molecule has 0 unspecified atom stereocenters. The van der Waals surface area contributed by atoms with E-state index in [1.54, 1.807) is 16.9 Å². The van der Waals surface area contributed by atoms with E-state index in [4.69, 9.17) is 0 Å². The molecule has 0 saturated heterocycles. The predicted octanol–water partition coefficient (Wildman–Crippen LogP) is 0.271. The number of nitrogens with one attached hydrogen (secondary N) is 1. The zero-order chi connectivity index (χ0) is 12.7. The van der Waals surface area contributed by atoms with Crippen molar-refractivity contribution in [1.82, 2.24) is 14.6 Å². The molecule has 6 nitrogen and oxygen atoms in total. The highest BCUT2D eigenvalue weighted by Gasteiger charge is 2.39. The molecule has 96 valence electrons. The molecule has 0 bridgehead atoms. The van der Waals surface area contributed by atoms with E-state index >= 15 is 0 Å². The molecule has 2 heterocycles. The van der Waals surface area contributed by atoms with Crippen LogP contribution in [0, 0.1) is 5.92 Å². The third-order valence-corrected chi connectivity index (χ3v) is 3.59. The summed E-state index contributed by atoms with van der Waals surface area (Å²) in [5.41, 5.74) is 0.751. The highest BCUT2D eigenvalue weighted by atomic mass is 16.3. The van der Waals surface area contributed by atoms with Gasteiger partial charge in [0.1, 0.15) is 11.9 Å². The van der Waals surface area contributed by atoms with Crippen LogP contribution in [0.25, 0.3) is 5.65 Å². The summed E-state index contributed by atoms with van der Waals surface area (Å²) >= 11 is 0. The van der Waals surface area contributed by atoms with Gasteiger partial charge in [-0.2, -0.15) is 9.61 Å². The first-order valence-electron chi connectivity index (χ1n) is 6.08. The molecule has 1 saturated carbocycles. The summed E-state index contributed by atoms with van der Waals surface area (Å²) in [6.45, 7) is 1.94. The van der Waals surface area contributed by atoms with E-state index in [9.17, 15) is 10.2 Å². The third kappa shape index (κ3) is 1.74. The summed E-state index contributed by atoms with van der Waals surface area (Å²) in [6, 6.07) is 3.46. The lowest BCUT2D eigenvalue weighted by Gasteiger charge is -2.19. The first-order valence-corrected chi connectivity index (χ1v) is 6.08. The van der Waals surface area contributed by atoms with Crippen LogP contribution in [0.4, 0.5) is 5.82 Å². The molecule has 3 N–H and O–H groups in total. The van der Waals surface area contributed by atoms with Gasteiger partial charge in [0.15, 0.2) is 5.65 Å². The number of aliphatic hydroxyl groups is 2. The minimum atomic E-state index is -0.751. The minimum Gasteiger partial charge on any atom is -0.390 e. The fraction of sp³-hybridized carbons (Fsp3) is 0.500. The zero-order valence-electron chi connectivity index (χ0n) is 10.1. The van der Waals surface area contributed by atoms with Crippen LogP contribution >= 0.6 is 0 Å². The Hall–Kier alpha value is -1.66. The van der Waals surface area contributed by atoms with Crippen molar-refractivity contribution in [3.05, 3.63) is 24.5 Å². The van der Waals surface area contributed by atoms with Crippen LogP contribution < -0.4 is 5.32 Å². The van der Waals surface area contributed by atoms with E-state index in [2.05, 4.69) is 15.4 Å². The van der Waals surface area contributed by atoms with Crippen LogP contribution in [0.3, 0.4) is 0 Å². The number of aromatic nitrogens is 3. The second-order valence-electron chi connectivity index (χ2n) is 4.88. The Morgan fingerprint density at radius 2 is 2.11 bits per heavy atom. The molecule has 0 amide bonds. The van der Waals surface area contributed by atoms with Gasteiger partial charge in [-0.15, -0.1) is 0 Å². The van der Waals surface area contributed by atoms with E-state index < -0.39 is 12.2 Å². The van der Waals surface area contributed by atoms with Gasteiger partial charge < -0.3 is 15.5 Å². The summed E-state index contributed by atoms with van der Waals surface area (Å²) in [7, 11) is 0. The van der Waals surface area contributed by atoms with Gasteiger partial charge in [-0.05, 0) is 18.4 Å². The lowest BCUT2D eigenvalue weighted by molar-refractivity contribution is 0.0210. The van der Waals surface area contributed by atoms with E-state index in [1.165, 1.54) is 0 Å². The van der Waals surface area contributed by atoms with Gasteiger partial charge in [-0.25, -0.2) is 4.98 Å². The monoisotopic (exact) mass is 248 g/mol. The Balaban J connectivity index is 1.87. The number of anilines is 1. The van der Waals surface area contributed by atoms with E-state index in [0.29, 0.717) is 0 Å². The van der Waals surface area contributed by atoms with E-state index in [0.717, 1.165) is 17.9 Å². The maximum absolute atomic E-state index is 9.95. The number of nitrogens with zero attached hydrogens (tertiary/aromatic N) is 3. The number of hydrogen-bond donors (Lipinski definition) is 3. The highest BCUT2D eigenvalue weighted by Crippen LogP contribution is 2.28. The highest BCUT2D eigenvalue weighted by molar-refractivity contribution is 5.47. The Labute approximate surface area is 104 Å². The van der Waals surface area contributed by atoms with Crippen molar-refractivity contribution in [3.8, 4) is 0 Å². The maximum atomic E-state index is 9.95. The molecular weight excluding hydrogens is 232 g/mol. The Kier molecular flexibility index (Phi) is 2.68. The third-order valence-electron chi connectivity index (χ3n) is 3.59. The summed E-state index contributed by atoms with van der Waals surface area (Å²) in [5.74, 6) is 0.864. The Morgan fingerprint density at radius 3 is 2.83 bits per heavy atom. The fourth-order valence-electron chi connectivity index (χ4n) is 2.53. The minimum absolute atomic E-state index is 0.0902. The van der Waals surface area contributed by atoms with Crippen molar-refractivity contribution in [2.45, 2.75) is 31.6 Å². The van der Waals surface area contributed by atoms with Crippen LogP contribution in [0.15, 0.2) is 24.5 Å². The first-order chi connectivity index (χ1) is 8.66. The molecule has 0 spiro atoms. The summed E-state index contributed by atoms with van der Waals surface area (Å²) in [5, 5.41) is 27.1. The van der Waals surface area contributed by atoms with Gasteiger partial charge in [0.25, 0.3) is 0 Å². The first kappa shape index (κ1) is 11.4. The number of aliphatic hydroxyl groups excluding tert-OH is 2. The largest absolute Gasteiger partial charge is 0.390 e. The molecule has 2 aromatic heterocycles. The molecule has 2 aromatic rings. The van der Waals surface area contributed by atoms with Crippen LogP contribution in [0.1, 0.15) is 13.3 Å². The molecule has 1 fully saturated rings. The average molecular weight is 248 g/mol. The SMILES string of the molecule is C[C@@H]1C[C@@H](Nc2ccnc3ccnn23)[C@H](O)[C@@H]1O. The predicted molar refractivity (Wildman–Crippen MR) is 66.2 cm³/mol. The molecule has 0 aromatic carbocycles. The maximum Gasteiger partial charge on any atom is 0.157 e. The number of rotatable bonds is 2. The van der Waals surface area contributed by atoms with Gasteiger partial charge in [-0.3, -0.25) is 0 Å². The molecule has 6 heteroatoms. The molecule has 0 aliphatic heterocycles. The molecular formula is C12H16N4O2. The quantitative estimate of drug-likeness (QED) is 0.710. The molecule has 18 heavy (non-hydrogen) atoms. The van der Waals surface area contributed by atoms with Crippen molar-refractivity contribution < 1.29 is 10.2 Å². The van der Waals surface area contributed by atoms with Crippen molar-refractivity contribution in [1.29, 1.82) is 0 Å². The topological polar surface area (TPSA) is 82.7 Å². The van der Waals surface area contributed by atoms with E-state index in [-0.39, 0.29) is 12.0 Å². The van der Waals surface area contributed by atoms with Crippen molar-refractivity contribution in [3.63, 3.8) is 0 Å². The zero-order valence-corrected chi connectivity index (χ0v) is 10.1. The van der Waals surface area contributed by atoms with Crippen LogP contribution in [-0.4, -0.2) is 43.1 Å². The van der Waals surface area contributed by atoms with Crippen LogP contribution in [0.2, 0.25) is 0 Å². The van der Waals surface area contributed by atoms with Gasteiger partial charge >= 0.3 is 0 Å². The Bertz CT molecular complexity index is 556. The molecule has 1 aliphatic rings. The lowest BCUT2D eigenvalue weighted by atomic mass is 10.1. The lowest BCUT2D eigenvalue weighted by Crippen LogP contribution is -2.35. The van der Waals surface area contributed by atoms with Gasteiger partial charge in [-0.1, -0.05) is 6.92 Å². The van der Waals surface area contributed by atoms with Gasteiger partial charge in [0.2, 0.25) is 0 Å². The van der Waals surface area contributed by atoms with Crippen molar-refractivity contribution in [2.75, 3.05) is 5.32 Å². The summed E-state index contributed by atoms with van der Waals surface area (Å²) in [6.07, 6.45) is 2.68. The molecule has 1 aliphatic carbocycles. The second-order valence-corrected chi connectivity index (χ2v) is 4.88. The van der Waals surface area contributed by atoms with Gasteiger partial charge in [0.05, 0.1) is 18.3 Å². The smallest absolute Gasteiger partial charge is 0.157 e. The fourth-order valence-corrected chi connectivity index (χ4v) is 2.53. The second kappa shape index (κ2) is 4.22. The normalized spacial score (nSPS) is 31.9. The molecule has 4 atom stereocenters. The van der Waals surface area contributed by atoms with E-state index in [1.807, 2.05) is 19.1 Å². The summed E-state index contributed by atoms with van der Waals surface area (Å²) in [4.78, 5) is 4.17. The molecule has 0 radical (unpaired) electrons. The average Bonchev–Trinajstić information content (AvgIpc) is 2.92. The Morgan fingerprint density at radius 1 is 1.28 bits per heavy atom. The van der Waals surface area contributed by atoms with Crippen molar-refractivity contribution in [2.24, 2.45) is 5.92 Å². The van der Waals surface area contributed by atoms with Crippen LogP contribution in [-0.2, 0) is 0 Å². The number of hydrogen-bond acceptors (Lipinski definition) is 5. The standard InChI is InChI=1S/C12H16N4O2/c1-7-6-8(12(18)11(7)17)15-10-2-4-13-9-3-5-14-16(9)10/h2-5,7-8,11-12,15,17-18H,6H2,1H3/t7-,8-,11-,12+/m1/s1. The number of fused-ring (bicyclic) bond motifs is 1.